The Bertz CT molecular complexity index is 738. The summed E-state index contributed by atoms with van der Waals surface area (Å²) in [5.74, 6) is 0. The number of hydrogen-bond acceptors (Lipinski definition) is 9. The Hall–Kier alpha value is -0.330. The fourth-order valence-electron chi connectivity index (χ4n) is 3.29. The maximum atomic E-state index is 12.9. The predicted octanol–water partition coefficient (Wildman–Crippen LogP) is 5.57. The molecule has 30 heavy (non-hydrogen) atoms. The summed E-state index contributed by atoms with van der Waals surface area (Å²) in [6.07, 6.45) is -0.0224. The molecule has 0 heterocycles. The fourth-order valence-corrected chi connectivity index (χ4v) is 7.10. The van der Waals surface area contributed by atoms with E-state index in [1.54, 1.807) is 0 Å². The highest BCUT2D eigenvalue weighted by Crippen LogP contribution is 2.56. The molecule has 0 spiro atoms. The molecule has 0 aliphatic carbocycles. The first-order valence-corrected chi connectivity index (χ1v) is 14.3. The minimum absolute atomic E-state index is 0.00746. The summed E-state index contributed by atoms with van der Waals surface area (Å²) in [6, 6.07) is 0. The van der Waals surface area contributed by atoms with E-state index in [9.17, 15) is 13.7 Å². The molecule has 0 saturated heterocycles. The molecule has 0 saturated carbocycles. The third kappa shape index (κ3) is 6.13. The van der Waals surface area contributed by atoms with Gasteiger partial charge in [-0.15, -0.1) is 0 Å². The van der Waals surface area contributed by atoms with Crippen LogP contribution in [-0.4, -0.2) is 42.7 Å². The largest absolute Gasteiger partial charge is 0.334 e. The molecule has 1 aromatic rings. The van der Waals surface area contributed by atoms with Gasteiger partial charge in [0.15, 0.2) is 0 Å². The second-order valence-corrected chi connectivity index (χ2v) is 13.5. The fraction of sp³-hybridized carbons (Fsp3) is 0.667. The van der Waals surface area contributed by atoms with Gasteiger partial charge in [-0.3, -0.25) is 13.7 Å². The zero-order chi connectivity index (χ0) is 23.3. The zero-order valence-corrected chi connectivity index (χ0v) is 21.8. The smallest absolute Gasteiger partial charge is 0.312 e. The first-order valence-electron chi connectivity index (χ1n) is 9.10. The monoisotopic (exact) mass is 486 g/mol. The highest BCUT2D eigenvalue weighted by Gasteiger charge is 2.32. The quantitative estimate of drug-likeness (QED) is 0.351. The molecule has 0 radical (unpaired) electrons. The first-order chi connectivity index (χ1) is 13.9. The molecule has 0 aliphatic heterocycles. The summed E-state index contributed by atoms with van der Waals surface area (Å²) >= 11 is 0. The van der Waals surface area contributed by atoms with Crippen LogP contribution in [0.4, 0.5) is 0 Å². The maximum Gasteiger partial charge on any atom is 0.334 e. The summed E-state index contributed by atoms with van der Waals surface area (Å²) in [6.45, 7) is 5.52. The van der Waals surface area contributed by atoms with Crippen LogP contribution in [0, 0.1) is 20.8 Å². The molecular weight excluding hydrogens is 453 g/mol. The van der Waals surface area contributed by atoms with Gasteiger partial charge in [-0.1, -0.05) is 0 Å². The van der Waals surface area contributed by atoms with E-state index in [1.807, 2.05) is 20.8 Å². The van der Waals surface area contributed by atoms with Crippen LogP contribution in [0.25, 0.3) is 0 Å². The summed E-state index contributed by atoms with van der Waals surface area (Å²) in [7, 11) is -2.30. The zero-order valence-electron chi connectivity index (χ0n) is 19.1. The van der Waals surface area contributed by atoms with Gasteiger partial charge >= 0.3 is 22.8 Å². The summed E-state index contributed by atoms with van der Waals surface area (Å²) < 4.78 is 69.4. The maximum absolute atomic E-state index is 12.9. The van der Waals surface area contributed by atoms with E-state index in [0.29, 0.717) is 16.7 Å². The van der Waals surface area contributed by atoms with Gasteiger partial charge in [-0.2, -0.15) is 0 Å². The van der Waals surface area contributed by atoms with Crippen LogP contribution >= 0.6 is 22.8 Å². The van der Waals surface area contributed by atoms with Crippen LogP contribution in [0.2, 0.25) is 0 Å². The topological polar surface area (TPSA) is 107 Å². The molecule has 0 bridgehead atoms. The first kappa shape index (κ1) is 27.7. The second kappa shape index (κ2) is 11.0. The Balaban J connectivity index is 3.82. The number of benzene rings is 1. The number of hydrogen-bond donors (Lipinski definition) is 0. The van der Waals surface area contributed by atoms with Crippen molar-refractivity contribution in [3.63, 3.8) is 0 Å². The van der Waals surface area contributed by atoms with Crippen LogP contribution in [-0.2, 0) is 59.3 Å². The van der Waals surface area contributed by atoms with Gasteiger partial charge in [0.2, 0.25) is 0 Å². The third-order valence-electron chi connectivity index (χ3n) is 5.44. The Labute approximate surface area is 179 Å². The molecule has 12 heteroatoms. The lowest BCUT2D eigenvalue weighted by Gasteiger charge is -2.26. The van der Waals surface area contributed by atoms with Gasteiger partial charge in [0.1, 0.15) is 0 Å². The Morgan fingerprint density at radius 3 is 0.767 bits per heavy atom. The van der Waals surface area contributed by atoms with Gasteiger partial charge in [0.05, 0.1) is 18.5 Å². The van der Waals surface area contributed by atoms with E-state index >= 15 is 0 Å². The van der Waals surface area contributed by atoms with E-state index in [1.165, 1.54) is 42.7 Å². The lowest BCUT2D eigenvalue weighted by atomic mass is 9.90. The molecule has 0 atom stereocenters. The highest BCUT2D eigenvalue weighted by molar-refractivity contribution is 7.53. The van der Waals surface area contributed by atoms with Gasteiger partial charge < -0.3 is 27.1 Å². The van der Waals surface area contributed by atoms with Crippen molar-refractivity contribution in [1.29, 1.82) is 0 Å². The lowest BCUT2D eigenvalue weighted by molar-refractivity contribution is 0.274. The van der Waals surface area contributed by atoms with Crippen LogP contribution in [0.5, 0.6) is 0 Å². The standard InChI is InChI=1S/C18H33O9P3/c1-13-16(10-28(19,22-4)23-5)14(2)18(12-30(21,26-8)27-9)15(3)17(13)11-29(20,24-6)25-7/h10-12H2,1-9H3. The summed E-state index contributed by atoms with van der Waals surface area (Å²) in [5.41, 5.74) is 4.37. The molecule has 0 unspecified atom stereocenters. The Morgan fingerprint density at radius 1 is 0.467 bits per heavy atom. The predicted molar refractivity (Wildman–Crippen MR) is 117 cm³/mol. The van der Waals surface area contributed by atoms with E-state index < -0.39 is 22.8 Å². The second-order valence-electron chi connectivity index (χ2n) is 6.71. The Kier molecular flexibility index (Phi) is 10.2. The highest BCUT2D eigenvalue weighted by atomic mass is 31.2. The van der Waals surface area contributed by atoms with Crippen molar-refractivity contribution in [2.45, 2.75) is 39.3 Å². The molecule has 0 fully saturated rings. The van der Waals surface area contributed by atoms with Crippen molar-refractivity contribution < 1.29 is 40.8 Å². The molecule has 1 rings (SSSR count). The van der Waals surface area contributed by atoms with Crippen molar-refractivity contribution in [3.05, 3.63) is 33.4 Å². The SMILES string of the molecule is COP(=O)(Cc1c(C)c(CP(=O)(OC)OC)c(C)c(CP(=O)(OC)OC)c1C)OC. The number of rotatable bonds is 12. The van der Waals surface area contributed by atoms with Crippen LogP contribution in [0.3, 0.4) is 0 Å². The van der Waals surface area contributed by atoms with Crippen LogP contribution < -0.4 is 0 Å². The summed E-state index contributed by atoms with van der Waals surface area (Å²) in [4.78, 5) is 0. The van der Waals surface area contributed by atoms with Crippen LogP contribution in [0.15, 0.2) is 0 Å². The summed E-state index contributed by atoms with van der Waals surface area (Å²) in [5, 5.41) is 0. The normalized spacial score (nSPS) is 13.1. The molecule has 0 aromatic heterocycles. The molecule has 1 aromatic carbocycles. The van der Waals surface area contributed by atoms with Crippen molar-refractivity contribution in [2.75, 3.05) is 42.7 Å². The van der Waals surface area contributed by atoms with Crippen molar-refractivity contribution in [2.24, 2.45) is 0 Å². The van der Waals surface area contributed by atoms with Crippen molar-refractivity contribution >= 4 is 22.8 Å². The van der Waals surface area contributed by atoms with Crippen molar-refractivity contribution in [3.8, 4) is 0 Å². The third-order valence-corrected chi connectivity index (χ3v) is 10.9. The molecular formula is C18H33O9P3. The molecule has 0 N–H and O–H groups in total. The van der Waals surface area contributed by atoms with E-state index in [-0.39, 0.29) is 18.5 Å². The lowest BCUT2D eigenvalue weighted by Crippen LogP contribution is -2.10. The molecule has 0 amide bonds. The average molecular weight is 486 g/mol. The van der Waals surface area contributed by atoms with Gasteiger partial charge in [-0.05, 0) is 54.2 Å². The van der Waals surface area contributed by atoms with Gasteiger partial charge in [0, 0.05) is 42.7 Å². The average Bonchev–Trinajstić information content (AvgIpc) is 2.76. The molecule has 9 nitrogen and oxygen atoms in total. The van der Waals surface area contributed by atoms with Gasteiger partial charge in [-0.25, -0.2) is 0 Å². The van der Waals surface area contributed by atoms with E-state index in [2.05, 4.69) is 0 Å². The molecule has 0 aliphatic rings. The van der Waals surface area contributed by atoms with E-state index in [0.717, 1.165) is 16.7 Å². The van der Waals surface area contributed by atoms with E-state index in [4.69, 9.17) is 27.1 Å². The van der Waals surface area contributed by atoms with Crippen molar-refractivity contribution in [1.82, 2.24) is 0 Å². The minimum atomic E-state index is -3.40. The van der Waals surface area contributed by atoms with Crippen LogP contribution in [0.1, 0.15) is 33.4 Å². The minimum Gasteiger partial charge on any atom is -0.312 e. The van der Waals surface area contributed by atoms with Gasteiger partial charge in [0.25, 0.3) is 0 Å². The Morgan fingerprint density at radius 2 is 0.633 bits per heavy atom. The molecule has 174 valence electrons.